The van der Waals surface area contributed by atoms with Gasteiger partial charge in [-0.05, 0) is 36.6 Å². The smallest absolute Gasteiger partial charge is 0.325 e. The van der Waals surface area contributed by atoms with Crippen LogP contribution in [0.5, 0.6) is 5.75 Å². The molecule has 3 rings (SSSR count). The number of pyridine rings is 1. The molecular formula is C19H21FN2O4. The normalized spacial score (nSPS) is 18.3. The van der Waals surface area contributed by atoms with E-state index in [0.717, 1.165) is 5.56 Å². The summed E-state index contributed by atoms with van der Waals surface area (Å²) in [4.78, 5) is 17.6. The minimum absolute atomic E-state index is 0.0717. The molecule has 1 aliphatic rings. The van der Waals surface area contributed by atoms with Gasteiger partial charge in [0.05, 0.1) is 12.7 Å². The summed E-state index contributed by atoms with van der Waals surface area (Å²) in [5.74, 6) is -1.58. The monoisotopic (exact) mass is 360 g/mol. The van der Waals surface area contributed by atoms with Crippen LogP contribution in [0.4, 0.5) is 4.39 Å². The van der Waals surface area contributed by atoms with Gasteiger partial charge >= 0.3 is 5.97 Å². The van der Waals surface area contributed by atoms with E-state index in [9.17, 15) is 19.4 Å². The Balaban J connectivity index is 1.79. The second-order valence-corrected chi connectivity index (χ2v) is 6.44. The Bertz CT molecular complexity index is 776. The number of carboxylic acid groups (broad SMARTS) is 1. The summed E-state index contributed by atoms with van der Waals surface area (Å²) in [5.41, 5.74) is 0.0449. The fraction of sp³-hybridized carbons (Fsp3) is 0.368. The number of benzene rings is 1. The van der Waals surface area contributed by atoms with Gasteiger partial charge < -0.3 is 14.9 Å². The molecule has 0 saturated carbocycles. The van der Waals surface area contributed by atoms with Crippen molar-refractivity contribution in [1.29, 1.82) is 0 Å². The Labute approximate surface area is 150 Å². The molecule has 1 aromatic carbocycles. The number of nitrogens with zero attached hydrogens (tertiary/aromatic N) is 2. The van der Waals surface area contributed by atoms with Crippen molar-refractivity contribution in [2.24, 2.45) is 0 Å². The largest absolute Gasteiger partial charge is 0.494 e. The third-order valence-corrected chi connectivity index (χ3v) is 4.91. The molecule has 1 saturated heterocycles. The van der Waals surface area contributed by atoms with Gasteiger partial charge in [-0.15, -0.1) is 0 Å². The summed E-state index contributed by atoms with van der Waals surface area (Å²) in [6.45, 7) is 0.742. The lowest BCUT2D eigenvalue weighted by atomic mass is 9.84. The number of hydrogen-bond donors (Lipinski definition) is 2. The van der Waals surface area contributed by atoms with Gasteiger partial charge in [0.1, 0.15) is 6.04 Å². The molecule has 26 heavy (non-hydrogen) atoms. The van der Waals surface area contributed by atoms with Crippen LogP contribution in [0.1, 0.15) is 30.0 Å². The van der Waals surface area contributed by atoms with E-state index >= 15 is 0 Å². The van der Waals surface area contributed by atoms with Gasteiger partial charge in [0, 0.05) is 31.0 Å². The van der Waals surface area contributed by atoms with Crippen LogP contribution in [0.25, 0.3) is 0 Å². The summed E-state index contributed by atoms with van der Waals surface area (Å²) < 4.78 is 18.9. The molecule has 0 aliphatic carbocycles. The molecule has 2 N–H and O–H groups in total. The summed E-state index contributed by atoms with van der Waals surface area (Å²) in [6, 6.07) is 6.78. The van der Waals surface area contributed by atoms with E-state index in [-0.39, 0.29) is 5.75 Å². The minimum atomic E-state index is -1.05. The van der Waals surface area contributed by atoms with Crippen LogP contribution in [-0.4, -0.2) is 46.3 Å². The average molecular weight is 360 g/mol. The van der Waals surface area contributed by atoms with Crippen LogP contribution in [0.3, 0.4) is 0 Å². The van der Waals surface area contributed by atoms with Crippen molar-refractivity contribution >= 4 is 5.97 Å². The average Bonchev–Trinajstić information content (AvgIpc) is 2.64. The lowest BCUT2D eigenvalue weighted by molar-refractivity contribution is -0.146. The molecule has 0 unspecified atom stereocenters. The molecule has 0 spiro atoms. The SMILES string of the molecule is COc1ccc([C@H](C(=O)O)N2CCC(O)(c3cccnc3)CC2)cc1F. The molecule has 0 radical (unpaired) electrons. The molecule has 1 aromatic heterocycles. The van der Waals surface area contributed by atoms with Crippen molar-refractivity contribution in [1.82, 2.24) is 9.88 Å². The molecular weight excluding hydrogens is 339 g/mol. The highest BCUT2D eigenvalue weighted by molar-refractivity contribution is 5.75. The number of ether oxygens (including phenoxy) is 1. The number of aromatic nitrogens is 1. The summed E-state index contributed by atoms with van der Waals surface area (Å²) >= 11 is 0. The van der Waals surface area contributed by atoms with Crippen LogP contribution in [0, 0.1) is 5.82 Å². The molecule has 2 heterocycles. The quantitative estimate of drug-likeness (QED) is 0.852. The standard InChI is InChI=1S/C19H21FN2O4/c1-26-16-5-4-13(11-15(16)20)17(18(23)24)22-9-6-19(25,7-10-22)14-3-2-8-21-12-14/h2-5,8,11-12,17,25H,6-7,9-10H2,1H3,(H,23,24)/t17-/m1/s1. The maximum atomic E-state index is 14.0. The Hall–Kier alpha value is -2.51. The molecule has 138 valence electrons. The predicted octanol–water partition coefficient (Wildman–Crippen LogP) is 2.34. The van der Waals surface area contributed by atoms with Crippen LogP contribution in [0.15, 0.2) is 42.7 Å². The Kier molecular flexibility index (Phi) is 5.20. The lowest BCUT2D eigenvalue weighted by Gasteiger charge is -2.40. The third-order valence-electron chi connectivity index (χ3n) is 4.91. The van der Waals surface area contributed by atoms with Crippen LogP contribution >= 0.6 is 0 Å². The number of methoxy groups -OCH3 is 1. The zero-order chi connectivity index (χ0) is 18.7. The van der Waals surface area contributed by atoms with E-state index in [2.05, 4.69) is 4.98 Å². The number of likely N-dealkylation sites (tertiary alicyclic amines) is 1. The molecule has 1 atom stereocenters. The highest BCUT2D eigenvalue weighted by atomic mass is 19.1. The summed E-state index contributed by atoms with van der Waals surface area (Å²) in [5, 5.41) is 20.5. The van der Waals surface area contributed by atoms with Crippen molar-refractivity contribution in [2.45, 2.75) is 24.5 Å². The molecule has 0 amide bonds. The minimum Gasteiger partial charge on any atom is -0.494 e. The first-order valence-corrected chi connectivity index (χ1v) is 8.38. The van der Waals surface area contributed by atoms with Crippen LogP contribution in [0.2, 0.25) is 0 Å². The lowest BCUT2D eigenvalue weighted by Crippen LogP contribution is -2.46. The number of aliphatic carboxylic acids is 1. The van der Waals surface area contributed by atoms with Gasteiger partial charge in [0.2, 0.25) is 0 Å². The maximum absolute atomic E-state index is 14.0. The first-order chi connectivity index (χ1) is 12.4. The number of aliphatic hydroxyl groups is 1. The zero-order valence-electron chi connectivity index (χ0n) is 14.4. The van der Waals surface area contributed by atoms with Crippen molar-refractivity contribution in [3.05, 3.63) is 59.7 Å². The summed E-state index contributed by atoms with van der Waals surface area (Å²) in [7, 11) is 1.36. The van der Waals surface area contributed by atoms with E-state index in [0.29, 0.717) is 31.5 Å². The highest BCUT2D eigenvalue weighted by Crippen LogP contribution is 2.36. The van der Waals surface area contributed by atoms with Gasteiger partial charge in [-0.25, -0.2) is 4.39 Å². The van der Waals surface area contributed by atoms with E-state index in [1.54, 1.807) is 29.4 Å². The Morgan fingerprint density at radius 3 is 2.62 bits per heavy atom. The topological polar surface area (TPSA) is 82.9 Å². The zero-order valence-corrected chi connectivity index (χ0v) is 14.4. The number of piperidine rings is 1. The van der Waals surface area contributed by atoms with Crippen molar-refractivity contribution in [3.63, 3.8) is 0 Å². The number of carbonyl (C=O) groups is 1. The molecule has 1 aliphatic heterocycles. The fourth-order valence-corrected chi connectivity index (χ4v) is 3.44. The third kappa shape index (κ3) is 3.54. The van der Waals surface area contributed by atoms with E-state index in [1.165, 1.54) is 19.2 Å². The molecule has 2 aromatic rings. The number of hydrogen-bond acceptors (Lipinski definition) is 5. The molecule has 1 fully saturated rings. The summed E-state index contributed by atoms with van der Waals surface area (Å²) in [6.07, 6.45) is 4.02. The first-order valence-electron chi connectivity index (χ1n) is 8.38. The molecule has 7 heteroatoms. The second kappa shape index (κ2) is 7.39. The maximum Gasteiger partial charge on any atom is 0.325 e. The van der Waals surface area contributed by atoms with E-state index < -0.39 is 23.4 Å². The van der Waals surface area contributed by atoms with Crippen molar-refractivity contribution in [3.8, 4) is 5.75 Å². The Morgan fingerprint density at radius 1 is 1.35 bits per heavy atom. The highest BCUT2D eigenvalue weighted by Gasteiger charge is 2.38. The first kappa shape index (κ1) is 18.3. The Morgan fingerprint density at radius 2 is 2.08 bits per heavy atom. The van der Waals surface area contributed by atoms with E-state index in [4.69, 9.17) is 4.74 Å². The number of halogens is 1. The van der Waals surface area contributed by atoms with Gasteiger partial charge in [0.25, 0.3) is 0 Å². The predicted molar refractivity (Wildman–Crippen MR) is 92.3 cm³/mol. The van der Waals surface area contributed by atoms with Crippen molar-refractivity contribution < 1.29 is 24.1 Å². The number of rotatable bonds is 5. The number of carboxylic acids is 1. The van der Waals surface area contributed by atoms with Gasteiger partial charge in [-0.1, -0.05) is 12.1 Å². The second-order valence-electron chi connectivity index (χ2n) is 6.44. The van der Waals surface area contributed by atoms with Crippen molar-refractivity contribution in [2.75, 3.05) is 20.2 Å². The van der Waals surface area contributed by atoms with Gasteiger partial charge in [0.15, 0.2) is 11.6 Å². The fourth-order valence-electron chi connectivity index (χ4n) is 3.44. The van der Waals surface area contributed by atoms with Gasteiger partial charge in [-0.3, -0.25) is 14.7 Å². The van der Waals surface area contributed by atoms with Crippen LogP contribution in [-0.2, 0) is 10.4 Å². The van der Waals surface area contributed by atoms with Gasteiger partial charge in [-0.2, -0.15) is 0 Å². The molecule has 6 nitrogen and oxygen atoms in total. The molecule has 0 bridgehead atoms. The van der Waals surface area contributed by atoms with Crippen LogP contribution < -0.4 is 4.74 Å². The van der Waals surface area contributed by atoms with E-state index in [1.807, 2.05) is 6.07 Å².